The molecule has 0 spiro atoms. The van der Waals surface area contributed by atoms with Crippen molar-refractivity contribution in [3.63, 3.8) is 0 Å². The Balaban J connectivity index is 0. The van der Waals surface area contributed by atoms with Gasteiger partial charge < -0.3 is 5.11 Å². The first kappa shape index (κ1) is 13.5. The Morgan fingerprint density at radius 2 is 1.64 bits per heavy atom. The molecule has 0 aromatic heterocycles. The second-order valence-corrected chi connectivity index (χ2v) is 2.86. The highest BCUT2D eigenvalue weighted by Crippen LogP contribution is 2.10. The molecule has 2 atom stereocenters. The summed E-state index contributed by atoms with van der Waals surface area (Å²) in [5, 5.41) is 9.05. The minimum atomic E-state index is -0.128. The van der Waals surface area contributed by atoms with E-state index in [2.05, 4.69) is 13.8 Å². The smallest absolute Gasteiger partial charge is 0.0537 e. The van der Waals surface area contributed by atoms with Gasteiger partial charge in [-0.3, -0.25) is 0 Å². The van der Waals surface area contributed by atoms with E-state index in [0.717, 1.165) is 6.42 Å². The molecule has 0 saturated carbocycles. The van der Waals surface area contributed by atoms with Gasteiger partial charge in [-0.05, 0) is 19.3 Å². The topological polar surface area (TPSA) is 20.2 Å². The quantitative estimate of drug-likeness (QED) is 0.669. The molecular formula is C10H24O. The number of hydrogen-bond donors (Lipinski definition) is 1. The molecule has 0 aliphatic rings. The molecule has 70 valence electrons. The van der Waals surface area contributed by atoms with E-state index in [-0.39, 0.29) is 6.10 Å². The molecule has 2 unspecified atom stereocenters. The van der Waals surface area contributed by atoms with Crippen LogP contribution in [0.25, 0.3) is 0 Å². The number of hydrogen-bond acceptors (Lipinski definition) is 1. The van der Waals surface area contributed by atoms with Crippen LogP contribution in [-0.4, -0.2) is 11.2 Å². The highest BCUT2D eigenvalue weighted by Gasteiger charge is 2.06. The fourth-order valence-electron chi connectivity index (χ4n) is 0.767. The zero-order valence-electron chi connectivity index (χ0n) is 8.72. The van der Waals surface area contributed by atoms with Crippen molar-refractivity contribution >= 4 is 0 Å². The Hall–Kier alpha value is -0.0400. The monoisotopic (exact) mass is 160 g/mol. The van der Waals surface area contributed by atoms with E-state index >= 15 is 0 Å². The molecule has 0 saturated heterocycles. The van der Waals surface area contributed by atoms with Crippen molar-refractivity contribution in [2.24, 2.45) is 5.92 Å². The molecule has 11 heavy (non-hydrogen) atoms. The molecule has 0 amide bonds. The number of rotatable bonds is 4. The van der Waals surface area contributed by atoms with Gasteiger partial charge in [-0.25, -0.2) is 0 Å². The minimum absolute atomic E-state index is 0.128. The molecule has 1 N–H and O–H groups in total. The molecule has 0 radical (unpaired) electrons. The second-order valence-electron chi connectivity index (χ2n) is 2.86. The molecule has 0 heterocycles. The Kier molecular flexibility index (Phi) is 12.3. The summed E-state index contributed by atoms with van der Waals surface area (Å²) in [5.74, 6) is 0.477. The van der Waals surface area contributed by atoms with Crippen LogP contribution < -0.4 is 0 Å². The number of aliphatic hydroxyl groups is 1. The molecule has 0 rings (SSSR count). The third-order valence-corrected chi connectivity index (χ3v) is 1.84. The van der Waals surface area contributed by atoms with Crippen LogP contribution in [0, 0.1) is 5.92 Å². The molecule has 0 aliphatic heterocycles. The average Bonchev–Trinajstić information content (AvgIpc) is 2.03. The van der Waals surface area contributed by atoms with Crippen molar-refractivity contribution < 1.29 is 5.11 Å². The second kappa shape index (κ2) is 9.96. The first-order chi connectivity index (χ1) is 5.18. The van der Waals surface area contributed by atoms with Crippen molar-refractivity contribution in [1.82, 2.24) is 0 Å². The van der Waals surface area contributed by atoms with Crippen LogP contribution in [0.4, 0.5) is 0 Å². The van der Waals surface area contributed by atoms with Gasteiger partial charge in [0.05, 0.1) is 6.10 Å². The van der Waals surface area contributed by atoms with Gasteiger partial charge in [0.25, 0.3) is 0 Å². The molecular weight excluding hydrogens is 136 g/mol. The van der Waals surface area contributed by atoms with Gasteiger partial charge in [-0.15, -0.1) is 0 Å². The van der Waals surface area contributed by atoms with E-state index in [1.54, 1.807) is 0 Å². The van der Waals surface area contributed by atoms with E-state index < -0.39 is 0 Å². The zero-order valence-corrected chi connectivity index (χ0v) is 8.72. The average molecular weight is 160 g/mol. The number of aliphatic hydroxyl groups excluding tert-OH is 1. The third-order valence-electron chi connectivity index (χ3n) is 1.84. The van der Waals surface area contributed by atoms with E-state index in [1.807, 2.05) is 20.8 Å². The summed E-state index contributed by atoms with van der Waals surface area (Å²) in [6, 6.07) is 0. The Labute approximate surface area is 71.8 Å². The normalized spacial score (nSPS) is 14.7. The highest BCUT2D eigenvalue weighted by atomic mass is 16.3. The van der Waals surface area contributed by atoms with Crippen molar-refractivity contribution in [2.75, 3.05) is 0 Å². The van der Waals surface area contributed by atoms with Crippen LogP contribution in [0.1, 0.15) is 53.9 Å². The summed E-state index contributed by atoms with van der Waals surface area (Å²) in [6.07, 6.45) is 3.51. The summed E-state index contributed by atoms with van der Waals surface area (Å²) < 4.78 is 0. The lowest BCUT2D eigenvalue weighted by molar-refractivity contribution is 0.128. The van der Waals surface area contributed by atoms with Gasteiger partial charge in [0.15, 0.2) is 0 Å². The Morgan fingerprint density at radius 3 is 1.91 bits per heavy atom. The third kappa shape index (κ3) is 9.96. The van der Waals surface area contributed by atoms with Crippen molar-refractivity contribution in [3.05, 3.63) is 0 Å². The van der Waals surface area contributed by atoms with E-state index in [9.17, 15) is 0 Å². The highest BCUT2D eigenvalue weighted by molar-refractivity contribution is 4.57. The first-order valence-corrected chi connectivity index (χ1v) is 4.86. The molecule has 0 aromatic rings. The van der Waals surface area contributed by atoms with Crippen LogP contribution in [0.5, 0.6) is 0 Å². The largest absolute Gasteiger partial charge is 0.393 e. The Bertz CT molecular complexity index is 59.9. The van der Waals surface area contributed by atoms with Crippen molar-refractivity contribution in [1.29, 1.82) is 0 Å². The predicted molar refractivity (Wildman–Crippen MR) is 51.7 cm³/mol. The summed E-state index contributed by atoms with van der Waals surface area (Å²) in [7, 11) is 0. The lowest BCUT2D eigenvalue weighted by Crippen LogP contribution is -2.12. The van der Waals surface area contributed by atoms with Gasteiger partial charge >= 0.3 is 0 Å². The summed E-state index contributed by atoms with van der Waals surface area (Å²) in [5.41, 5.74) is 0. The van der Waals surface area contributed by atoms with Gasteiger partial charge in [0.1, 0.15) is 0 Å². The molecule has 0 aliphatic carbocycles. The SMILES string of the molecule is CC.CCCCC(C)C(C)O. The minimum Gasteiger partial charge on any atom is -0.393 e. The van der Waals surface area contributed by atoms with E-state index in [4.69, 9.17) is 5.11 Å². The summed E-state index contributed by atoms with van der Waals surface area (Å²) >= 11 is 0. The maximum atomic E-state index is 9.05. The predicted octanol–water partition coefficient (Wildman–Crippen LogP) is 3.22. The molecule has 1 nitrogen and oxygen atoms in total. The fraction of sp³-hybridized carbons (Fsp3) is 1.00. The Morgan fingerprint density at radius 1 is 1.18 bits per heavy atom. The fourth-order valence-corrected chi connectivity index (χ4v) is 0.767. The first-order valence-electron chi connectivity index (χ1n) is 4.86. The molecule has 1 heteroatoms. The van der Waals surface area contributed by atoms with Crippen molar-refractivity contribution in [2.45, 2.75) is 60.0 Å². The van der Waals surface area contributed by atoms with Crippen molar-refractivity contribution in [3.8, 4) is 0 Å². The van der Waals surface area contributed by atoms with Gasteiger partial charge in [-0.2, -0.15) is 0 Å². The zero-order chi connectivity index (χ0) is 9.28. The summed E-state index contributed by atoms with van der Waals surface area (Å²) in [6.45, 7) is 10.1. The van der Waals surface area contributed by atoms with Crippen LogP contribution in [0.2, 0.25) is 0 Å². The maximum absolute atomic E-state index is 9.05. The van der Waals surface area contributed by atoms with Crippen LogP contribution in [0.3, 0.4) is 0 Å². The van der Waals surface area contributed by atoms with Gasteiger partial charge in [0.2, 0.25) is 0 Å². The maximum Gasteiger partial charge on any atom is 0.0537 e. The van der Waals surface area contributed by atoms with Gasteiger partial charge in [0, 0.05) is 0 Å². The molecule has 0 fully saturated rings. The lowest BCUT2D eigenvalue weighted by atomic mass is 10.00. The van der Waals surface area contributed by atoms with E-state index in [1.165, 1.54) is 12.8 Å². The standard InChI is InChI=1S/C8H18O.C2H6/c1-4-5-6-7(2)8(3)9;1-2/h7-9H,4-6H2,1-3H3;1-2H3. The lowest BCUT2D eigenvalue weighted by Gasteiger charge is -2.12. The molecule has 0 bridgehead atoms. The van der Waals surface area contributed by atoms with Crippen LogP contribution in [0.15, 0.2) is 0 Å². The summed E-state index contributed by atoms with van der Waals surface area (Å²) in [4.78, 5) is 0. The van der Waals surface area contributed by atoms with Crippen LogP contribution >= 0.6 is 0 Å². The van der Waals surface area contributed by atoms with E-state index in [0.29, 0.717) is 5.92 Å². The van der Waals surface area contributed by atoms with Crippen LogP contribution in [-0.2, 0) is 0 Å². The van der Waals surface area contributed by atoms with Gasteiger partial charge in [-0.1, -0.05) is 40.5 Å². The number of unbranched alkanes of at least 4 members (excludes halogenated alkanes) is 1. The molecule has 0 aromatic carbocycles.